The normalized spacial score (nSPS) is 13.1. The second kappa shape index (κ2) is 7.47. The van der Waals surface area contributed by atoms with E-state index in [0.29, 0.717) is 0 Å². The first-order valence-electron chi connectivity index (χ1n) is 8.13. The third-order valence-electron chi connectivity index (χ3n) is 4.49. The molecule has 0 amide bonds. The quantitative estimate of drug-likeness (QED) is 0.597. The molecule has 2 heteroatoms. The van der Waals surface area contributed by atoms with Crippen molar-refractivity contribution in [1.29, 1.82) is 0 Å². The molecule has 1 nitrogen and oxygen atoms in total. The van der Waals surface area contributed by atoms with Crippen LogP contribution in [0.4, 0.5) is 0 Å². The number of hydrogen-bond acceptors (Lipinski definition) is 1. The zero-order valence-corrected chi connectivity index (χ0v) is 15.9. The lowest BCUT2D eigenvalue weighted by Crippen LogP contribution is -2.58. The zero-order valence-electron chi connectivity index (χ0n) is 14.9. The van der Waals surface area contributed by atoms with E-state index >= 15 is 0 Å². The highest BCUT2D eigenvalue weighted by molar-refractivity contribution is 7.07. The second-order valence-electron chi connectivity index (χ2n) is 6.34. The van der Waals surface area contributed by atoms with Gasteiger partial charge < -0.3 is 4.90 Å². The first kappa shape index (κ1) is 17.3. The predicted octanol–water partition coefficient (Wildman–Crippen LogP) is 3.83. The standard InChI is InChI=1S/C21H27NSi/c1-6-18(2)21(17-22(3)4)23(5,19-13-9-7-10-14-19)20-15-11-8-12-16-20/h6-17H,1-5H3/b18-6-,21-17+. The lowest BCUT2D eigenvalue weighted by Gasteiger charge is -2.33. The van der Waals surface area contributed by atoms with Crippen LogP contribution in [0.5, 0.6) is 0 Å². The van der Waals surface area contributed by atoms with Crippen LogP contribution in [-0.2, 0) is 0 Å². The molecule has 0 aliphatic rings. The topological polar surface area (TPSA) is 3.24 Å². The molecule has 0 heterocycles. The molecule has 0 unspecified atom stereocenters. The first-order valence-corrected chi connectivity index (χ1v) is 10.6. The summed E-state index contributed by atoms with van der Waals surface area (Å²) in [4.78, 5) is 2.17. The van der Waals surface area contributed by atoms with E-state index in [1.54, 1.807) is 0 Å². The molecule has 120 valence electrons. The number of nitrogens with zero attached hydrogens (tertiary/aromatic N) is 1. The molecule has 2 aromatic carbocycles. The maximum Gasteiger partial charge on any atom is 0.147 e. The molecular formula is C21H27NSi. The molecular weight excluding hydrogens is 294 g/mol. The molecule has 2 aromatic rings. The Morgan fingerprint density at radius 1 is 0.870 bits per heavy atom. The lowest BCUT2D eigenvalue weighted by molar-refractivity contribution is 0.561. The van der Waals surface area contributed by atoms with Gasteiger partial charge in [-0.3, -0.25) is 0 Å². The van der Waals surface area contributed by atoms with Gasteiger partial charge in [0.2, 0.25) is 0 Å². The Balaban J connectivity index is 2.76. The van der Waals surface area contributed by atoms with Crippen molar-refractivity contribution in [3.8, 4) is 0 Å². The van der Waals surface area contributed by atoms with E-state index in [9.17, 15) is 0 Å². The first-order chi connectivity index (χ1) is 11.0. The van der Waals surface area contributed by atoms with Gasteiger partial charge in [-0.05, 0) is 35.6 Å². The van der Waals surface area contributed by atoms with Crippen molar-refractivity contribution in [2.45, 2.75) is 20.4 Å². The van der Waals surface area contributed by atoms with Crippen molar-refractivity contribution in [1.82, 2.24) is 4.90 Å². The van der Waals surface area contributed by atoms with Crippen molar-refractivity contribution in [2.24, 2.45) is 0 Å². The predicted molar refractivity (Wildman–Crippen MR) is 105 cm³/mol. The number of benzene rings is 2. The van der Waals surface area contributed by atoms with E-state index < -0.39 is 8.07 Å². The van der Waals surface area contributed by atoms with Crippen LogP contribution in [0.2, 0.25) is 6.55 Å². The van der Waals surface area contributed by atoms with Crippen LogP contribution >= 0.6 is 0 Å². The van der Waals surface area contributed by atoms with Gasteiger partial charge in [-0.15, -0.1) is 0 Å². The maximum absolute atomic E-state index is 2.46. The van der Waals surface area contributed by atoms with Gasteiger partial charge in [0.25, 0.3) is 0 Å². The average Bonchev–Trinajstić information content (AvgIpc) is 2.59. The highest BCUT2D eigenvalue weighted by Crippen LogP contribution is 2.23. The summed E-state index contributed by atoms with van der Waals surface area (Å²) >= 11 is 0. The molecule has 0 aliphatic carbocycles. The van der Waals surface area contributed by atoms with Crippen molar-refractivity contribution in [2.75, 3.05) is 14.1 Å². The number of allylic oxidation sites excluding steroid dienone is 3. The van der Waals surface area contributed by atoms with Gasteiger partial charge in [0.05, 0.1) is 0 Å². The Hall–Kier alpha value is -2.06. The Labute approximate surface area is 142 Å². The van der Waals surface area contributed by atoms with Crippen molar-refractivity contribution in [3.63, 3.8) is 0 Å². The zero-order chi connectivity index (χ0) is 16.9. The molecule has 0 saturated carbocycles. The van der Waals surface area contributed by atoms with Crippen molar-refractivity contribution in [3.05, 3.63) is 83.7 Å². The third kappa shape index (κ3) is 3.65. The van der Waals surface area contributed by atoms with E-state index in [-0.39, 0.29) is 0 Å². The van der Waals surface area contributed by atoms with Crippen molar-refractivity contribution >= 4 is 18.4 Å². The average molecular weight is 322 g/mol. The van der Waals surface area contributed by atoms with Crippen LogP contribution in [0, 0.1) is 0 Å². The highest BCUT2D eigenvalue weighted by atomic mass is 28.3. The summed E-state index contributed by atoms with van der Waals surface area (Å²) in [5.41, 5.74) is 1.36. The summed E-state index contributed by atoms with van der Waals surface area (Å²) in [7, 11) is 2.18. The fourth-order valence-electron chi connectivity index (χ4n) is 3.06. The number of rotatable bonds is 5. The molecule has 0 radical (unpaired) electrons. The summed E-state index contributed by atoms with van der Waals surface area (Å²) in [5, 5.41) is 4.35. The second-order valence-corrected chi connectivity index (χ2v) is 10.3. The molecule has 0 fully saturated rings. The van der Waals surface area contributed by atoms with Crippen LogP contribution in [0.1, 0.15) is 13.8 Å². The van der Waals surface area contributed by atoms with E-state index in [1.807, 2.05) is 0 Å². The van der Waals surface area contributed by atoms with Crippen LogP contribution in [0.15, 0.2) is 83.7 Å². The van der Waals surface area contributed by atoms with Gasteiger partial charge in [-0.25, -0.2) is 0 Å². The van der Waals surface area contributed by atoms with Crippen LogP contribution < -0.4 is 10.4 Å². The van der Waals surface area contributed by atoms with Gasteiger partial charge in [-0.2, -0.15) is 0 Å². The third-order valence-corrected chi connectivity index (χ3v) is 9.06. The molecule has 0 spiro atoms. The molecule has 0 bridgehead atoms. The minimum absolute atomic E-state index is 1.36. The molecule has 0 saturated heterocycles. The van der Waals surface area contributed by atoms with Crippen LogP contribution in [0.25, 0.3) is 0 Å². The largest absolute Gasteiger partial charge is 0.384 e. The molecule has 0 atom stereocenters. The van der Waals surface area contributed by atoms with Crippen LogP contribution in [-0.4, -0.2) is 27.1 Å². The Morgan fingerprint density at radius 3 is 1.65 bits per heavy atom. The van der Waals surface area contributed by atoms with Gasteiger partial charge in [0.1, 0.15) is 8.07 Å². The van der Waals surface area contributed by atoms with E-state index in [2.05, 4.69) is 112 Å². The summed E-state index contributed by atoms with van der Waals surface area (Å²) in [6, 6.07) is 21.9. The summed E-state index contributed by atoms with van der Waals surface area (Å²) in [6.45, 7) is 6.82. The number of hydrogen-bond donors (Lipinski definition) is 0. The van der Waals surface area contributed by atoms with Gasteiger partial charge in [0.15, 0.2) is 0 Å². The summed E-state index contributed by atoms with van der Waals surface area (Å²) in [6.07, 6.45) is 4.54. The fourth-order valence-corrected chi connectivity index (χ4v) is 7.18. The maximum atomic E-state index is 2.46. The lowest BCUT2D eigenvalue weighted by atomic mass is 10.3. The van der Waals surface area contributed by atoms with Crippen LogP contribution in [0.3, 0.4) is 0 Å². The minimum atomic E-state index is -2.03. The molecule has 0 aliphatic heterocycles. The van der Waals surface area contributed by atoms with E-state index in [1.165, 1.54) is 21.1 Å². The Morgan fingerprint density at radius 2 is 1.30 bits per heavy atom. The van der Waals surface area contributed by atoms with E-state index in [4.69, 9.17) is 0 Å². The highest BCUT2D eigenvalue weighted by Gasteiger charge is 2.36. The molecule has 0 aromatic heterocycles. The molecule has 2 rings (SSSR count). The fraction of sp³-hybridized carbons (Fsp3) is 0.238. The SMILES string of the molecule is C/C=C(C)\C(=C/N(C)C)[Si](C)(c1ccccc1)c1ccccc1. The minimum Gasteiger partial charge on any atom is -0.384 e. The summed E-state index contributed by atoms with van der Waals surface area (Å²) in [5.74, 6) is 0. The molecule has 23 heavy (non-hydrogen) atoms. The van der Waals surface area contributed by atoms with Gasteiger partial charge in [0, 0.05) is 14.1 Å². The Bertz CT molecular complexity index is 645. The monoisotopic (exact) mass is 321 g/mol. The molecule has 0 N–H and O–H groups in total. The van der Waals surface area contributed by atoms with Crippen molar-refractivity contribution < 1.29 is 0 Å². The summed E-state index contributed by atoms with van der Waals surface area (Å²) < 4.78 is 0. The van der Waals surface area contributed by atoms with Gasteiger partial charge >= 0.3 is 0 Å². The van der Waals surface area contributed by atoms with E-state index in [0.717, 1.165) is 0 Å². The smallest absolute Gasteiger partial charge is 0.147 e. The Kier molecular flexibility index (Phi) is 5.62. The van der Waals surface area contributed by atoms with Gasteiger partial charge in [-0.1, -0.05) is 78.9 Å².